The van der Waals surface area contributed by atoms with Crippen LogP contribution in [0.25, 0.3) is 27.7 Å². The Morgan fingerprint density at radius 3 is 2.61 bits per heavy atom. The van der Waals surface area contributed by atoms with E-state index in [2.05, 4.69) is 56.1 Å². The number of benzene rings is 1. The smallest absolute Gasteiger partial charge is 0.163 e. The van der Waals surface area contributed by atoms with Gasteiger partial charge in [0.25, 0.3) is 0 Å². The zero-order valence-corrected chi connectivity index (χ0v) is 18.9. The maximum absolute atomic E-state index is 13.7. The lowest BCUT2D eigenvalue weighted by Gasteiger charge is -2.21. The van der Waals surface area contributed by atoms with Crippen LogP contribution in [-0.2, 0) is 0 Å². The van der Waals surface area contributed by atoms with Crippen molar-refractivity contribution in [1.29, 1.82) is 0 Å². The lowest BCUT2D eigenvalue weighted by molar-refractivity contribution is 0.446. The van der Waals surface area contributed by atoms with Gasteiger partial charge in [0.05, 0.1) is 17.4 Å². The predicted octanol–water partition coefficient (Wildman–Crippen LogP) is 6.05. The van der Waals surface area contributed by atoms with Crippen molar-refractivity contribution in [3.63, 3.8) is 0 Å². The number of pyridine rings is 1. The lowest BCUT2D eigenvalue weighted by atomic mass is 10.1. The highest BCUT2D eigenvalue weighted by Crippen LogP contribution is 2.29. The number of nitrogens with zero attached hydrogens (tertiary/aromatic N) is 4. The first-order valence-electron chi connectivity index (χ1n) is 11.1. The molecule has 3 heterocycles. The molecule has 2 atom stereocenters. The van der Waals surface area contributed by atoms with E-state index in [0.29, 0.717) is 12.0 Å². The van der Waals surface area contributed by atoms with E-state index in [9.17, 15) is 4.39 Å². The fraction of sp³-hybridized carbons (Fsp3) is 0.400. The van der Waals surface area contributed by atoms with Gasteiger partial charge in [-0.15, -0.1) is 0 Å². The second-order valence-corrected chi connectivity index (χ2v) is 8.69. The summed E-state index contributed by atoms with van der Waals surface area (Å²) in [6, 6.07) is 9.29. The average molecular weight is 420 g/mol. The predicted molar refractivity (Wildman–Crippen MR) is 124 cm³/mol. The van der Waals surface area contributed by atoms with Crippen molar-refractivity contribution in [1.82, 2.24) is 24.9 Å². The minimum atomic E-state index is -0.269. The highest BCUT2D eigenvalue weighted by molar-refractivity contribution is 5.86. The van der Waals surface area contributed by atoms with E-state index >= 15 is 0 Å². The number of fused-ring (bicyclic) bond motifs is 2. The van der Waals surface area contributed by atoms with Crippen LogP contribution >= 0.6 is 0 Å². The van der Waals surface area contributed by atoms with E-state index in [0.717, 1.165) is 51.9 Å². The van der Waals surface area contributed by atoms with Crippen molar-refractivity contribution in [2.45, 2.75) is 65.5 Å². The van der Waals surface area contributed by atoms with E-state index in [1.165, 1.54) is 12.1 Å². The minimum absolute atomic E-state index is 0.121. The first-order chi connectivity index (χ1) is 14.9. The summed E-state index contributed by atoms with van der Waals surface area (Å²) in [5.41, 5.74) is 5.46. The van der Waals surface area contributed by atoms with Gasteiger partial charge in [-0.05, 0) is 56.5 Å². The Labute approximate surface area is 182 Å². The van der Waals surface area contributed by atoms with Crippen LogP contribution in [0.2, 0.25) is 0 Å². The normalized spacial score (nSPS) is 13.9. The molecule has 0 spiro atoms. The topological polar surface area (TPSA) is 55.1 Å². The molecule has 162 valence electrons. The van der Waals surface area contributed by atoms with Crippen LogP contribution in [0.5, 0.6) is 0 Å². The molecule has 1 N–H and O–H groups in total. The van der Waals surface area contributed by atoms with Crippen LogP contribution in [0, 0.1) is 5.82 Å². The standard InChI is InChI=1S/C25H30FN5/c1-6-7-16(4)29-17(5)23-12-24(15(2)3)31-25(30-23)21(14-28-31)19-10-18-11-20(26)8-9-22(18)27-13-19/h8-17,29H,6-7H2,1-5H3. The Balaban J connectivity index is 1.82. The highest BCUT2D eigenvalue weighted by Gasteiger charge is 2.19. The van der Waals surface area contributed by atoms with E-state index in [4.69, 9.17) is 4.98 Å². The van der Waals surface area contributed by atoms with E-state index in [1.54, 1.807) is 6.07 Å². The lowest BCUT2D eigenvalue weighted by Crippen LogP contribution is -2.29. The second-order valence-electron chi connectivity index (χ2n) is 8.69. The first-order valence-corrected chi connectivity index (χ1v) is 11.1. The van der Waals surface area contributed by atoms with E-state index in [-0.39, 0.29) is 11.9 Å². The molecule has 0 saturated heterocycles. The van der Waals surface area contributed by atoms with Gasteiger partial charge in [-0.1, -0.05) is 27.2 Å². The molecule has 0 amide bonds. The van der Waals surface area contributed by atoms with Crippen LogP contribution in [-0.4, -0.2) is 25.6 Å². The Morgan fingerprint density at radius 1 is 1.06 bits per heavy atom. The third-order valence-electron chi connectivity index (χ3n) is 5.76. The van der Waals surface area contributed by atoms with Crippen molar-refractivity contribution < 1.29 is 4.39 Å². The summed E-state index contributed by atoms with van der Waals surface area (Å²) in [7, 11) is 0. The first kappa shape index (κ1) is 21.4. The fourth-order valence-corrected chi connectivity index (χ4v) is 4.12. The Kier molecular flexibility index (Phi) is 6.01. The average Bonchev–Trinajstić information content (AvgIpc) is 3.16. The van der Waals surface area contributed by atoms with Crippen molar-refractivity contribution in [2.75, 3.05) is 0 Å². The number of hydrogen-bond donors (Lipinski definition) is 1. The monoisotopic (exact) mass is 419 g/mol. The van der Waals surface area contributed by atoms with Crippen molar-refractivity contribution in [2.24, 2.45) is 0 Å². The molecule has 4 rings (SSSR count). The maximum Gasteiger partial charge on any atom is 0.163 e. The van der Waals surface area contributed by atoms with Gasteiger partial charge in [0.2, 0.25) is 0 Å². The van der Waals surface area contributed by atoms with Crippen molar-refractivity contribution >= 4 is 16.6 Å². The van der Waals surface area contributed by atoms with Crippen LogP contribution in [0.4, 0.5) is 4.39 Å². The maximum atomic E-state index is 13.7. The molecule has 5 nitrogen and oxygen atoms in total. The third kappa shape index (κ3) is 4.30. The molecule has 0 aliphatic heterocycles. The molecule has 0 aliphatic carbocycles. The summed E-state index contributed by atoms with van der Waals surface area (Å²) in [4.78, 5) is 9.52. The van der Waals surface area contributed by atoms with Gasteiger partial charge < -0.3 is 5.32 Å². The molecule has 3 aromatic heterocycles. The molecule has 2 unspecified atom stereocenters. The van der Waals surface area contributed by atoms with Crippen molar-refractivity contribution in [3.8, 4) is 11.1 Å². The zero-order valence-electron chi connectivity index (χ0n) is 18.9. The Hall–Kier alpha value is -2.86. The van der Waals surface area contributed by atoms with Gasteiger partial charge in [0, 0.05) is 40.5 Å². The van der Waals surface area contributed by atoms with Crippen LogP contribution in [0.15, 0.2) is 42.7 Å². The molecule has 0 fully saturated rings. The highest BCUT2D eigenvalue weighted by atomic mass is 19.1. The second kappa shape index (κ2) is 8.71. The number of hydrogen-bond acceptors (Lipinski definition) is 4. The molecule has 31 heavy (non-hydrogen) atoms. The largest absolute Gasteiger partial charge is 0.306 e. The summed E-state index contributed by atoms with van der Waals surface area (Å²) in [6.45, 7) is 10.9. The Morgan fingerprint density at radius 2 is 1.87 bits per heavy atom. The minimum Gasteiger partial charge on any atom is -0.306 e. The number of halogens is 1. The van der Waals surface area contributed by atoms with Gasteiger partial charge in [0.15, 0.2) is 5.65 Å². The zero-order chi connectivity index (χ0) is 22.1. The van der Waals surface area contributed by atoms with E-state index < -0.39 is 0 Å². The molecule has 0 saturated carbocycles. The summed E-state index contributed by atoms with van der Waals surface area (Å²) in [6.07, 6.45) is 5.91. The van der Waals surface area contributed by atoms with Crippen LogP contribution in [0.1, 0.15) is 70.8 Å². The number of nitrogens with one attached hydrogen (secondary N) is 1. The van der Waals surface area contributed by atoms with Crippen molar-refractivity contribution in [3.05, 3.63) is 59.9 Å². The van der Waals surface area contributed by atoms with Gasteiger partial charge in [-0.2, -0.15) is 5.10 Å². The SMILES string of the molecule is CCCC(C)NC(C)c1cc(C(C)C)n2ncc(-c3cnc4ccc(F)cc4c3)c2n1. The number of rotatable bonds is 7. The van der Waals surface area contributed by atoms with Gasteiger partial charge in [-0.3, -0.25) is 4.98 Å². The van der Waals surface area contributed by atoms with Gasteiger partial charge in [0.1, 0.15) is 5.82 Å². The van der Waals surface area contributed by atoms with Gasteiger partial charge >= 0.3 is 0 Å². The van der Waals surface area contributed by atoms with E-state index in [1.807, 2.05) is 23.0 Å². The molecule has 1 aromatic carbocycles. The summed E-state index contributed by atoms with van der Waals surface area (Å²) >= 11 is 0. The Bertz CT molecular complexity index is 1210. The molecule has 4 aromatic rings. The van der Waals surface area contributed by atoms with Crippen LogP contribution < -0.4 is 5.32 Å². The summed E-state index contributed by atoms with van der Waals surface area (Å²) in [5, 5.41) is 9.06. The molecule has 6 heteroatoms. The number of aromatic nitrogens is 4. The van der Waals surface area contributed by atoms with Gasteiger partial charge in [-0.25, -0.2) is 13.9 Å². The van der Waals surface area contributed by atoms with Crippen LogP contribution in [0.3, 0.4) is 0 Å². The summed E-state index contributed by atoms with van der Waals surface area (Å²) < 4.78 is 15.7. The summed E-state index contributed by atoms with van der Waals surface area (Å²) in [5.74, 6) is 0.0241. The molecule has 0 radical (unpaired) electrons. The quantitative estimate of drug-likeness (QED) is 0.396. The molecular weight excluding hydrogens is 389 g/mol. The molecular formula is C25H30FN5. The third-order valence-corrected chi connectivity index (χ3v) is 5.76. The fourth-order valence-electron chi connectivity index (χ4n) is 4.12. The molecule has 0 bridgehead atoms. The molecule has 0 aliphatic rings.